The lowest BCUT2D eigenvalue weighted by Crippen LogP contribution is -2.45. The van der Waals surface area contributed by atoms with Crippen molar-refractivity contribution in [2.45, 2.75) is 5.75 Å². The number of ether oxygens (including phenoxy) is 1. The van der Waals surface area contributed by atoms with Gasteiger partial charge in [-0.05, 0) is 29.8 Å². The molecule has 1 aliphatic rings. The molecule has 7 heteroatoms. The monoisotopic (exact) mass is 371 g/mol. The zero-order valence-electron chi connectivity index (χ0n) is 14.3. The van der Waals surface area contributed by atoms with E-state index in [1.54, 1.807) is 24.3 Å². The molecule has 3 rings (SSSR count). The highest BCUT2D eigenvalue weighted by Crippen LogP contribution is 2.20. The van der Waals surface area contributed by atoms with Crippen LogP contribution >= 0.6 is 11.8 Å². The Labute approximate surface area is 156 Å². The van der Waals surface area contributed by atoms with Gasteiger partial charge in [-0.3, -0.25) is 10.1 Å². The van der Waals surface area contributed by atoms with Gasteiger partial charge in [0.25, 0.3) is 5.24 Å². The first-order valence-electron chi connectivity index (χ1n) is 8.46. The maximum Gasteiger partial charge on any atom is 0.417 e. The summed E-state index contributed by atoms with van der Waals surface area (Å²) in [7, 11) is 0. The fourth-order valence-corrected chi connectivity index (χ4v) is 3.36. The molecular formula is C19H21N3O3S. The van der Waals surface area contributed by atoms with E-state index in [-0.39, 0.29) is 5.24 Å². The SMILES string of the molecule is O=C(Nc1ccccc1)Oc1ccc(CSC(=O)N2CCNCC2)cc1. The third-order valence-corrected chi connectivity index (χ3v) is 4.87. The fourth-order valence-electron chi connectivity index (χ4n) is 2.51. The van der Waals surface area contributed by atoms with Crippen LogP contribution in [0.15, 0.2) is 54.6 Å². The van der Waals surface area contributed by atoms with E-state index < -0.39 is 6.09 Å². The molecule has 2 aromatic carbocycles. The lowest BCUT2D eigenvalue weighted by Gasteiger charge is -2.26. The lowest BCUT2D eigenvalue weighted by atomic mass is 10.2. The number of piperazine rings is 1. The van der Waals surface area contributed by atoms with Gasteiger partial charge in [0, 0.05) is 37.6 Å². The molecule has 2 aromatic rings. The standard InChI is InChI=1S/C19H21N3O3S/c23-18(21-16-4-2-1-3-5-16)25-17-8-6-15(7-9-17)14-26-19(24)22-12-10-20-11-13-22/h1-9,20H,10-14H2,(H,21,23). The van der Waals surface area contributed by atoms with Crippen molar-refractivity contribution in [1.82, 2.24) is 10.2 Å². The summed E-state index contributed by atoms with van der Waals surface area (Å²) in [6.07, 6.45) is -0.535. The van der Waals surface area contributed by atoms with Crippen molar-refractivity contribution in [2.75, 3.05) is 31.5 Å². The number of benzene rings is 2. The van der Waals surface area contributed by atoms with Crippen LogP contribution in [-0.4, -0.2) is 42.4 Å². The molecule has 136 valence electrons. The van der Waals surface area contributed by atoms with Gasteiger partial charge in [-0.25, -0.2) is 4.79 Å². The van der Waals surface area contributed by atoms with Gasteiger partial charge in [0.1, 0.15) is 5.75 Å². The van der Waals surface area contributed by atoms with Crippen molar-refractivity contribution in [3.8, 4) is 5.75 Å². The average molecular weight is 371 g/mol. The molecule has 2 amide bonds. The Balaban J connectivity index is 1.45. The smallest absolute Gasteiger partial charge is 0.410 e. The molecule has 0 bridgehead atoms. The number of nitrogens with one attached hydrogen (secondary N) is 2. The first-order chi connectivity index (χ1) is 12.7. The molecule has 0 aliphatic carbocycles. The van der Waals surface area contributed by atoms with E-state index in [2.05, 4.69) is 10.6 Å². The van der Waals surface area contributed by atoms with E-state index in [1.807, 2.05) is 35.2 Å². The van der Waals surface area contributed by atoms with Crippen LogP contribution in [0.5, 0.6) is 5.75 Å². The van der Waals surface area contributed by atoms with Gasteiger partial charge >= 0.3 is 6.09 Å². The summed E-state index contributed by atoms with van der Waals surface area (Å²) >= 11 is 1.30. The number of rotatable bonds is 4. The van der Waals surface area contributed by atoms with Crippen LogP contribution in [0, 0.1) is 0 Å². The van der Waals surface area contributed by atoms with E-state index in [4.69, 9.17) is 4.74 Å². The van der Waals surface area contributed by atoms with Gasteiger partial charge in [0.15, 0.2) is 0 Å². The summed E-state index contributed by atoms with van der Waals surface area (Å²) in [5.74, 6) is 1.06. The van der Waals surface area contributed by atoms with E-state index >= 15 is 0 Å². The Hall–Kier alpha value is -2.51. The Morgan fingerprint density at radius 1 is 1.04 bits per heavy atom. The van der Waals surface area contributed by atoms with Crippen LogP contribution in [0.4, 0.5) is 15.3 Å². The van der Waals surface area contributed by atoms with Gasteiger partial charge in [0.05, 0.1) is 0 Å². The van der Waals surface area contributed by atoms with Crippen molar-refractivity contribution < 1.29 is 14.3 Å². The quantitative estimate of drug-likeness (QED) is 0.860. The second-order valence-electron chi connectivity index (χ2n) is 5.82. The third-order valence-electron chi connectivity index (χ3n) is 3.89. The molecule has 0 saturated carbocycles. The zero-order chi connectivity index (χ0) is 18.2. The number of amides is 2. The molecule has 26 heavy (non-hydrogen) atoms. The van der Waals surface area contributed by atoms with Crippen LogP contribution in [0.3, 0.4) is 0 Å². The third kappa shape index (κ3) is 5.50. The summed E-state index contributed by atoms with van der Waals surface area (Å²) in [5, 5.41) is 6.00. The Kier molecular flexibility index (Phi) is 6.51. The molecule has 1 saturated heterocycles. The normalized spacial score (nSPS) is 13.9. The zero-order valence-corrected chi connectivity index (χ0v) is 15.1. The van der Waals surface area contributed by atoms with Crippen molar-refractivity contribution >= 4 is 28.8 Å². The van der Waals surface area contributed by atoms with Gasteiger partial charge in [-0.1, -0.05) is 42.1 Å². The van der Waals surface area contributed by atoms with E-state index in [9.17, 15) is 9.59 Å². The number of hydrogen-bond donors (Lipinski definition) is 2. The number of carbonyl (C=O) groups excluding carboxylic acids is 2. The summed E-state index contributed by atoms with van der Waals surface area (Å²) in [5.41, 5.74) is 1.69. The van der Waals surface area contributed by atoms with Gasteiger partial charge < -0.3 is 15.0 Å². The maximum atomic E-state index is 12.1. The fraction of sp³-hybridized carbons (Fsp3) is 0.263. The number of para-hydroxylation sites is 1. The Morgan fingerprint density at radius 3 is 2.42 bits per heavy atom. The minimum Gasteiger partial charge on any atom is -0.410 e. The van der Waals surface area contributed by atoms with Gasteiger partial charge in [-0.15, -0.1) is 0 Å². The second kappa shape index (κ2) is 9.26. The molecule has 0 atom stereocenters. The van der Waals surface area contributed by atoms with Crippen LogP contribution in [0.2, 0.25) is 0 Å². The molecule has 1 aliphatic heterocycles. The highest BCUT2D eigenvalue weighted by Gasteiger charge is 2.16. The van der Waals surface area contributed by atoms with Crippen molar-refractivity contribution in [3.63, 3.8) is 0 Å². The first-order valence-corrected chi connectivity index (χ1v) is 9.44. The largest absolute Gasteiger partial charge is 0.417 e. The predicted molar refractivity (Wildman–Crippen MR) is 104 cm³/mol. The Morgan fingerprint density at radius 2 is 1.73 bits per heavy atom. The predicted octanol–water partition coefficient (Wildman–Crippen LogP) is 3.56. The minimum absolute atomic E-state index is 0.106. The van der Waals surface area contributed by atoms with Crippen LogP contribution in [-0.2, 0) is 5.75 Å². The molecule has 6 nitrogen and oxygen atoms in total. The highest BCUT2D eigenvalue weighted by atomic mass is 32.2. The second-order valence-corrected chi connectivity index (χ2v) is 6.74. The molecule has 0 unspecified atom stereocenters. The molecule has 0 radical (unpaired) electrons. The van der Waals surface area contributed by atoms with E-state index in [1.165, 1.54) is 11.8 Å². The number of nitrogens with zero attached hydrogens (tertiary/aromatic N) is 1. The molecule has 1 fully saturated rings. The minimum atomic E-state index is -0.535. The molecular weight excluding hydrogens is 350 g/mol. The van der Waals surface area contributed by atoms with Crippen molar-refractivity contribution in [2.24, 2.45) is 0 Å². The van der Waals surface area contributed by atoms with Crippen molar-refractivity contribution in [1.29, 1.82) is 0 Å². The van der Waals surface area contributed by atoms with Gasteiger partial charge in [0.2, 0.25) is 0 Å². The number of hydrogen-bond acceptors (Lipinski definition) is 5. The van der Waals surface area contributed by atoms with Crippen LogP contribution < -0.4 is 15.4 Å². The number of thioether (sulfide) groups is 1. The summed E-state index contributed by atoms with van der Waals surface area (Å²) < 4.78 is 5.26. The van der Waals surface area contributed by atoms with Crippen LogP contribution in [0.25, 0.3) is 0 Å². The summed E-state index contributed by atoms with van der Waals surface area (Å²) in [4.78, 5) is 25.9. The number of carbonyl (C=O) groups is 2. The molecule has 1 heterocycles. The molecule has 0 aromatic heterocycles. The highest BCUT2D eigenvalue weighted by molar-refractivity contribution is 8.12. The summed E-state index contributed by atoms with van der Waals surface area (Å²) in [6, 6.07) is 16.3. The lowest BCUT2D eigenvalue weighted by molar-refractivity contribution is 0.214. The average Bonchev–Trinajstić information content (AvgIpc) is 2.68. The summed E-state index contributed by atoms with van der Waals surface area (Å²) in [6.45, 7) is 3.22. The molecule has 0 spiro atoms. The van der Waals surface area contributed by atoms with Gasteiger partial charge in [-0.2, -0.15) is 0 Å². The first kappa shape index (κ1) is 18.3. The van der Waals surface area contributed by atoms with Crippen molar-refractivity contribution in [3.05, 3.63) is 60.2 Å². The van der Waals surface area contributed by atoms with E-state index in [0.29, 0.717) is 17.2 Å². The van der Waals surface area contributed by atoms with E-state index in [0.717, 1.165) is 31.7 Å². The maximum absolute atomic E-state index is 12.1. The topological polar surface area (TPSA) is 70.7 Å². The molecule has 2 N–H and O–H groups in total. The number of anilines is 1. The Bertz CT molecular complexity index is 731. The van der Waals surface area contributed by atoms with Crippen LogP contribution in [0.1, 0.15) is 5.56 Å².